The van der Waals surface area contributed by atoms with Crippen molar-refractivity contribution in [1.82, 2.24) is 0 Å². The van der Waals surface area contributed by atoms with Crippen molar-refractivity contribution in [3.8, 4) is 11.5 Å². The van der Waals surface area contributed by atoms with Gasteiger partial charge in [0.1, 0.15) is 11.5 Å². The maximum Gasteiger partial charge on any atom is 0.265 e. The van der Waals surface area contributed by atoms with Crippen LogP contribution in [0.3, 0.4) is 0 Å². The average Bonchev–Trinajstić information content (AvgIpc) is 2.73. The Bertz CT molecular complexity index is 1110. The third kappa shape index (κ3) is 3.74. The zero-order valence-corrected chi connectivity index (χ0v) is 16.5. The first-order chi connectivity index (χ1) is 13.9. The van der Waals surface area contributed by atoms with Gasteiger partial charge in [-0.3, -0.25) is 9.59 Å². The minimum Gasteiger partial charge on any atom is -0.497 e. The van der Waals surface area contributed by atoms with E-state index in [2.05, 4.69) is 10.6 Å². The molecule has 1 aliphatic heterocycles. The van der Waals surface area contributed by atoms with Gasteiger partial charge in [0.2, 0.25) is 5.91 Å². The highest BCUT2D eigenvalue weighted by Crippen LogP contribution is 2.33. The van der Waals surface area contributed by atoms with E-state index in [0.29, 0.717) is 17.1 Å². The second-order valence-corrected chi connectivity index (χ2v) is 7.14. The number of methoxy groups -OCH3 is 1. The van der Waals surface area contributed by atoms with E-state index in [0.717, 1.165) is 22.1 Å². The second-order valence-electron chi connectivity index (χ2n) is 7.14. The highest BCUT2D eigenvalue weighted by molar-refractivity contribution is 6.00. The van der Waals surface area contributed by atoms with Crippen LogP contribution in [0.5, 0.6) is 11.5 Å². The van der Waals surface area contributed by atoms with Gasteiger partial charge in [-0.05, 0) is 60.5 Å². The van der Waals surface area contributed by atoms with Gasteiger partial charge in [0.25, 0.3) is 5.91 Å². The molecule has 0 aromatic heterocycles. The van der Waals surface area contributed by atoms with Gasteiger partial charge >= 0.3 is 0 Å². The maximum absolute atomic E-state index is 12.8. The highest BCUT2D eigenvalue weighted by Gasteiger charge is 2.24. The first-order valence-electron chi connectivity index (χ1n) is 9.45. The third-order valence-corrected chi connectivity index (χ3v) is 5.14. The molecule has 3 aromatic rings. The van der Waals surface area contributed by atoms with Gasteiger partial charge in [0.05, 0.1) is 18.7 Å². The van der Waals surface area contributed by atoms with Crippen LogP contribution in [0.2, 0.25) is 0 Å². The third-order valence-electron chi connectivity index (χ3n) is 5.14. The second kappa shape index (κ2) is 7.47. The van der Waals surface area contributed by atoms with Crippen molar-refractivity contribution in [2.75, 3.05) is 17.7 Å². The molecule has 29 heavy (non-hydrogen) atoms. The van der Waals surface area contributed by atoms with E-state index in [1.807, 2.05) is 43.3 Å². The lowest BCUT2D eigenvalue weighted by atomic mass is 9.97. The average molecular weight is 390 g/mol. The van der Waals surface area contributed by atoms with Crippen molar-refractivity contribution in [2.45, 2.75) is 25.9 Å². The number of amides is 2. The van der Waals surface area contributed by atoms with Crippen LogP contribution in [-0.2, 0) is 9.59 Å². The molecule has 0 aliphatic carbocycles. The minimum atomic E-state index is -0.532. The number of rotatable bonds is 4. The Morgan fingerprint density at radius 2 is 1.86 bits per heavy atom. The molecular weight excluding hydrogens is 368 g/mol. The summed E-state index contributed by atoms with van der Waals surface area (Å²) in [5, 5.41) is 7.81. The lowest BCUT2D eigenvalue weighted by Gasteiger charge is -2.24. The fraction of sp³-hybridized carbons (Fsp3) is 0.217. The molecule has 2 amide bonds. The van der Waals surface area contributed by atoms with Gasteiger partial charge in [-0.25, -0.2) is 0 Å². The van der Waals surface area contributed by atoms with Crippen molar-refractivity contribution < 1.29 is 19.1 Å². The molecule has 0 radical (unpaired) electrons. The molecule has 0 saturated carbocycles. The van der Waals surface area contributed by atoms with E-state index in [-0.39, 0.29) is 17.7 Å². The van der Waals surface area contributed by atoms with Gasteiger partial charge < -0.3 is 20.1 Å². The number of ether oxygens (including phenoxy) is 2. The molecule has 1 heterocycles. The summed E-state index contributed by atoms with van der Waals surface area (Å²) >= 11 is 0. The van der Waals surface area contributed by atoms with Crippen LogP contribution in [0.15, 0.2) is 54.6 Å². The molecule has 0 bridgehead atoms. The van der Waals surface area contributed by atoms with Crippen LogP contribution in [0.4, 0.5) is 11.4 Å². The molecule has 2 atom stereocenters. The largest absolute Gasteiger partial charge is 0.497 e. The van der Waals surface area contributed by atoms with Gasteiger partial charge in [0, 0.05) is 5.69 Å². The minimum absolute atomic E-state index is 0.130. The van der Waals surface area contributed by atoms with E-state index in [1.54, 1.807) is 32.2 Å². The van der Waals surface area contributed by atoms with Crippen molar-refractivity contribution in [2.24, 2.45) is 0 Å². The Morgan fingerprint density at radius 3 is 2.66 bits per heavy atom. The topological polar surface area (TPSA) is 76.7 Å². The summed E-state index contributed by atoms with van der Waals surface area (Å²) in [7, 11) is 1.64. The number of anilines is 2. The fourth-order valence-corrected chi connectivity index (χ4v) is 3.33. The Morgan fingerprint density at radius 1 is 1.10 bits per heavy atom. The molecule has 0 spiro atoms. The maximum atomic E-state index is 12.8. The van der Waals surface area contributed by atoms with E-state index in [9.17, 15) is 9.59 Å². The van der Waals surface area contributed by atoms with E-state index in [4.69, 9.17) is 9.47 Å². The summed E-state index contributed by atoms with van der Waals surface area (Å²) in [5.74, 6) is 0.710. The van der Waals surface area contributed by atoms with Gasteiger partial charge in [-0.15, -0.1) is 0 Å². The fourth-order valence-electron chi connectivity index (χ4n) is 3.33. The molecule has 6 nitrogen and oxygen atoms in total. The molecule has 3 aromatic carbocycles. The summed E-state index contributed by atoms with van der Waals surface area (Å²) in [6, 6.07) is 17.0. The SMILES string of the molecule is COc1ccc2cc([C@H](C)C(=O)Nc3ccc4c(c3)NC(=O)C(C)O4)ccc2c1. The predicted molar refractivity (Wildman–Crippen MR) is 113 cm³/mol. The quantitative estimate of drug-likeness (QED) is 0.696. The van der Waals surface area contributed by atoms with Crippen LogP contribution in [0, 0.1) is 0 Å². The summed E-state index contributed by atoms with van der Waals surface area (Å²) in [6.07, 6.45) is -0.532. The molecule has 4 rings (SSSR count). The lowest BCUT2D eigenvalue weighted by molar-refractivity contribution is -0.122. The molecule has 6 heteroatoms. The lowest BCUT2D eigenvalue weighted by Crippen LogP contribution is -2.34. The Kier molecular flexibility index (Phi) is 4.84. The van der Waals surface area contributed by atoms with E-state index < -0.39 is 6.10 Å². The number of benzene rings is 3. The van der Waals surface area contributed by atoms with Crippen molar-refractivity contribution >= 4 is 34.0 Å². The first kappa shape index (κ1) is 18.8. The summed E-state index contributed by atoms with van der Waals surface area (Å²) in [4.78, 5) is 24.6. The van der Waals surface area contributed by atoms with Crippen LogP contribution in [0.25, 0.3) is 10.8 Å². The molecule has 1 aliphatic rings. The van der Waals surface area contributed by atoms with Crippen molar-refractivity contribution in [1.29, 1.82) is 0 Å². The molecule has 2 N–H and O–H groups in total. The Labute approximate surface area is 168 Å². The summed E-state index contributed by atoms with van der Waals surface area (Å²) in [6.45, 7) is 3.56. The van der Waals surface area contributed by atoms with Crippen molar-refractivity contribution in [3.05, 3.63) is 60.2 Å². The number of fused-ring (bicyclic) bond motifs is 2. The predicted octanol–water partition coefficient (Wildman–Crippen LogP) is 4.31. The van der Waals surface area contributed by atoms with Crippen LogP contribution >= 0.6 is 0 Å². The molecule has 0 saturated heterocycles. The summed E-state index contributed by atoms with van der Waals surface area (Å²) in [5.41, 5.74) is 2.08. The summed E-state index contributed by atoms with van der Waals surface area (Å²) < 4.78 is 10.8. The number of nitrogens with one attached hydrogen (secondary N) is 2. The molecule has 1 unspecified atom stereocenters. The molecular formula is C23H22N2O4. The number of carbonyl (C=O) groups is 2. The monoisotopic (exact) mass is 390 g/mol. The zero-order valence-electron chi connectivity index (χ0n) is 16.5. The number of carbonyl (C=O) groups excluding carboxylic acids is 2. The van der Waals surface area contributed by atoms with E-state index >= 15 is 0 Å². The molecule has 0 fully saturated rings. The number of hydrogen-bond donors (Lipinski definition) is 2. The van der Waals surface area contributed by atoms with Crippen LogP contribution in [-0.4, -0.2) is 25.0 Å². The first-order valence-corrected chi connectivity index (χ1v) is 9.45. The standard InChI is InChI=1S/C23H22N2O4/c1-13(15-4-5-17-11-19(28-3)8-6-16(17)10-15)22(26)24-18-7-9-21-20(12-18)25-23(27)14(2)29-21/h4-14H,1-3H3,(H,24,26)(H,25,27)/t13-,14?/m0/s1. The normalized spacial score (nSPS) is 16.4. The Hall–Kier alpha value is -3.54. The molecule has 148 valence electrons. The van der Waals surface area contributed by atoms with Gasteiger partial charge in [0.15, 0.2) is 6.10 Å². The van der Waals surface area contributed by atoms with Crippen LogP contribution < -0.4 is 20.1 Å². The van der Waals surface area contributed by atoms with Gasteiger partial charge in [-0.2, -0.15) is 0 Å². The van der Waals surface area contributed by atoms with Crippen LogP contribution in [0.1, 0.15) is 25.3 Å². The zero-order chi connectivity index (χ0) is 20.5. The highest BCUT2D eigenvalue weighted by atomic mass is 16.5. The van der Waals surface area contributed by atoms with Gasteiger partial charge in [-0.1, -0.05) is 24.3 Å². The number of hydrogen-bond acceptors (Lipinski definition) is 4. The van der Waals surface area contributed by atoms with E-state index in [1.165, 1.54) is 0 Å². The smallest absolute Gasteiger partial charge is 0.265 e. The van der Waals surface area contributed by atoms with Crippen molar-refractivity contribution in [3.63, 3.8) is 0 Å². The Balaban J connectivity index is 1.52.